The van der Waals surface area contributed by atoms with Crippen LogP contribution in [0.1, 0.15) is 24.5 Å². The summed E-state index contributed by atoms with van der Waals surface area (Å²) in [5, 5.41) is 6.11. The zero-order valence-electron chi connectivity index (χ0n) is 14.3. The molecule has 0 radical (unpaired) electrons. The number of carbonyl (C=O) groups is 2. The third-order valence-corrected chi connectivity index (χ3v) is 4.41. The van der Waals surface area contributed by atoms with Crippen molar-refractivity contribution in [3.05, 3.63) is 70.5 Å². The summed E-state index contributed by atoms with van der Waals surface area (Å²) < 4.78 is 67.1. The molecule has 0 saturated carbocycles. The number of benzene rings is 2. The van der Waals surface area contributed by atoms with Gasteiger partial charge in [0.15, 0.2) is 23.3 Å². The molecular weight excluding hydrogens is 385 g/mol. The lowest BCUT2D eigenvalue weighted by atomic mass is 9.87. The van der Waals surface area contributed by atoms with Crippen molar-refractivity contribution in [1.82, 2.24) is 10.3 Å². The number of carbonyl (C=O) groups excluding carboxylic acids is 2. The number of hydrazone groups is 1. The molecule has 1 N–H and O–H groups in total. The molecule has 1 aliphatic rings. The van der Waals surface area contributed by atoms with Gasteiger partial charge in [-0.3, -0.25) is 4.79 Å². The van der Waals surface area contributed by atoms with Gasteiger partial charge in [0.2, 0.25) is 5.82 Å². The molecule has 1 saturated heterocycles. The summed E-state index contributed by atoms with van der Waals surface area (Å²) in [6, 6.07) is 7.18. The number of halogens is 5. The minimum Gasteiger partial charge on any atom is -0.318 e. The number of urea groups is 1. The van der Waals surface area contributed by atoms with Crippen molar-refractivity contribution in [2.45, 2.75) is 18.9 Å². The Balaban J connectivity index is 2.01. The van der Waals surface area contributed by atoms with Gasteiger partial charge in [-0.05, 0) is 12.0 Å². The number of imide groups is 1. The average Bonchev–Trinajstić information content (AvgIpc) is 2.96. The van der Waals surface area contributed by atoms with E-state index < -0.39 is 52.1 Å². The third kappa shape index (κ3) is 2.81. The first-order valence-electron chi connectivity index (χ1n) is 8.02. The summed E-state index contributed by atoms with van der Waals surface area (Å²) in [4.78, 5) is 25.0. The van der Waals surface area contributed by atoms with Crippen LogP contribution >= 0.6 is 0 Å². The van der Waals surface area contributed by atoms with E-state index >= 15 is 0 Å². The van der Waals surface area contributed by atoms with E-state index in [2.05, 4.69) is 10.4 Å². The zero-order valence-corrected chi connectivity index (χ0v) is 14.3. The Morgan fingerprint density at radius 2 is 1.50 bits per heavy atom. The summed E-state index contributed by atoms with van der Waals surface area (Å²) in [5.74, 6) is -11.8. The SMILES string of the molecule is CC[C@@]1(c2ccccc2)NC(=O)N(/N=C\c2c(F)c(F)c(F)c(F)c2F)C1=O. The highest BCUT2D eigenvalue weighted by Gasteiger charge is 2.51. The van der Waals surface area contributed by atoms with Gasteiger partial charge in [-0.15, -0.1) is 5.01 Å². The van der Waals surface area contributed by atoms with E-state index in [1.54, 1.807) is 37.3 Å². The van der Waals surface area contributed by atoms with E-state index in [0.717, 1.165) is 0 Å². The number of amides is 3. The topological polar surface area (TPSA) is 61.8 Å². The average molecular weight is 397 g/mol. The Labute approximate surface area is 155 Å². The number of hydrogen-bond donors (Lipinski definition) is 1. The normalized spacial score (nSPS) is 19.6. The standard InChI is InChI=1S/C18H12F5N3O2/c1-2-18(9-6-4-3-5-7-9)16(27)26(17(28)25-18)24-8-10-11(19)13(21)15(23)14(22)12(10)20/h3-8H,2H2,1H3,(H,25,28)/b24-8-/t18-/m0/s1. The molecule has 2 aromatic rings. The van der Waals surface area contributed by atoms with Gasteiger partial charge in [-0.1, -0.05) is 37.3 Å². The Morgan fingerprint density at radius 3 is 2.04 bits per heavy atom. The molecule has 146 valence electrons. The van der Waals surface area contributed by atoms with E-state index in [4.69, 9.17) is 0 Å². The van der Waals surface area contributed by atoms with Crippen molar-refractivity contribution in [3.8, 4) is 0 Å². The lowest BCUT2D eigenvalue weighted by Crippen LogP contribution is -2.43. The predicted molar refractivity (Wildman–Crippen MR) is 87.6 cm³/mol. The van der Waals surface area contributed by atoms with Crippen LogP contribution in [0.4, 0.5) is 26.7 Å². The molecule has 0 aromatic heterocycles. The zero-order chi connectivity index (χ0) is 20.6. The van der Waals surface area contributed by atoms with Gasteiger partial charge in [0.25, 0.3) is 5.91 Å². The van der Waals surface area contributed by atoms with Gasteiger partial charge in [-0.2, -0.15) is 5.10 Å². The van der Waals surface area contributed by atoms with Crippen LogP contribution in [0.25, 0.3) is 0 Å². The van der Waals surface area contributed by atoms with Crippen LogP contribution in [0.3, 0.4) is 0 Å². The highest BCUT2D eigenvalue weighted by atomic mass is 19.2. The van der Waals surface area contributed by atoms with Gasteiger partial charge < -0.3 is 5.32 Å². The molecule has 10 heteroatoms. The lowest BCUT2D eigenvalue weighted by Gasteiger charge is -2.24. The van der Waals surface area contributed by atoms with E-state index in [0.29, 0.717) is 5.56 Å². The van der Waals surface area contributed by atoms with Crippen LogP contribution in [0.5, 0.6) is 0 Å². The first-order valence-corrected chi connectivity index (χ1v) is 8.02. The van der Waals surface area contributed by atoms with Gasteiger partial charge in [0.05, 0.1) is 11.8 Å². The van der Waals surface area contributed by atoms with Crippen LogP contribution in [0, 0.1) is 29.1 Å². The molecule has 2 aromatic carbocycles. The predicted octanol–water partition coefficient (Wildman–Crippen LogP) is 3.57. The maximum atomic E-state index is 13.7. The molecule has 1 atom stereocenters. The minimum absolute atomic E-state index is 0.135. The van der Waals surface area contributed by atoms with Crippen molar-refractivity contribution < 1.29 is 31.5 Å². The Morgan fingerprint density at radius 1 is 0.964 bits per heavy atom. The smallest absolute Gasteiger partial charge is 0.318 e. The molecule has 0 aliphatic carbocycles. The molecule has 5 nitrogen and oxygen atoms in total. The van der Waals surface area contributed by atoms with Gasteiger partial charge in [-0.25, -0.2) is 26.7 Å². The summed E-state index contributed by atoms with van der Waals surface area (Å²) >= 11 is 0. The van der Waals surface area contributed by atoms with Crippen molar-refractivity contribution in [2.24, 2.45) is 5.10 Å². The largest absolute Gasteiger partial charge is 0.346 e. The van der Waals surface area contributed by atoms with Crippen LogP contribution in [-0.2, 0) is 10.3 Å². The van der Waals surface area contributed by atoms with E-state index in [1.165, 1.54) is 0 Å². The fourth-order valence-corrected chi connectivity index (χ4v) is 2.88. The summed E-state index contributed by atoms with van der Waals surface area (Å²) in [7, 11) is 0. The van der Waals surface area contributed by atoms with E-state index in [-0.39, 0.29) is 17.6 Å². The first-order chi connectivity index (χ1) is 13.2. The Hall–Kier alpha value is -3.30. The van der Waals surface area contributed by atoms with Crippen molar-refractivity contribution in [2.75, 3.05) is 0 Å². The molecule has 1 aliphatic heterocycles. The monoisotopic (exact) mass is 397 g/mol. The van der Waals surface area contributed by atoms with Gasteiger partial charge in [0.1, 0.15) is 5.54 Å². The second-order valence-corrected chi connectivity index (χ2v) is 5.90. The maximum Gasteiger partial charge on any atom is 0.346 e. The van der Waals surface area contributed by atoms with Crippen LogP contribution in [0.2, 0.25) is 0 Å². The van der Waals surface area contributed by atoms with Crippen molar-refractivity contribution >= 4 is 18.2 Å². The van der Waals surface area contributed by atoms with Crippen LogP contribution in [0.15, 0.2) is 35.4 Å². The Bertz CT molecular complexity index is 967. The number of rotatable bonds is 4. The molecule has 0 unspecified atom stereocenters. The second kappa shape index (κ2) is 7.02. The number of nitrogens with one attached hydrogen (secondary N) is 1. The molecule has 0 spiro atoms. The quantitative estimate of drug-likeness (QED) is 0.282. The summed E-state index contributed by atoms with van der Waals surface area (Å²) in [5.41, 5.74) is -2.39. The number of nitrogens with zero attached hydrogens (tertiary/aromatic N) is 2. The van der Waals surface area contributed by atoms with Crippen molar-refractivity contribution in [1.29, 1.82) is 0 Å². The van der Waals surface area contributed by atoms with Crippen LogP contribution < -0.4 is 5.32 Å². The molecule has 1 heterocycles. The highest BCUT2D eigenvalue weighted by molar-refractivity contribution is 6.07. The number of hydrogen-bond acceptors (Lipinski definition) is 3. The van der Waals surface area contributed by atoms with E-state index in [1.807, 2.05) is 0 Å². The molecule has 3 rings (SSSR count). The molecule has 0 bridgehead atoms. The highest BCUT2D eigenvalue weighted by Crippen LogP contribution is 2.32. The molecule has 1 fully saturated rings. The van der Waals surface area contributed by atoms with Crippen molar-refractivity contribution in [3.63, 3.8) is 0 Å². The van der Waals surface area contributed by atoms with Gasteiger partial charge in [0, 0.05) is 0 Å². The first kappa shape index (κ1) is 19.5. The molecule has 3 amide bonds. The fraction of sp³-hybridized carbons (Fsp3) is 0.167. The lowest BCUT2D eigenvalue weighted by molar-refractivity contribution is -0.131. The third-order valence-electron chi connectivity index (χ3n) is 4.41. The minimum atomic E-state index is -2.32. The summed E-state index contributed by atoms with van der Waals surface area (Å²) in [6.45, 7) is 1.63. The summed E-state index contributed by atoms with van der Waals surface area (Å²) in [6.07, 6.45) is 0.376. The fourth-order valence-electron chi connectivity index (χ4n) is 2.88. The van der Waals surface area contributed by atoms with Gasteiger partial charge >= 0.3 is 6.03 Å². The van der Waals surface area contributed by atoms with E-state index in [9.17, 15) is 31.5 Å². The maximum absolute atomic E-state index is 13.7. The molecular formula is C18H12F5N3O2. The Kier molecular flexibility index (Phi) is 4.88. The molecule has 28 heavy (non-hydrogen) atoms. The second-order valence-electron chi connectivity index (χ2n) is 5.90. The van der Waals surface area contributed by atoms with Crippen LogP contribution in [-0.4, -0.2) is 23.2 Å².